The number of carbonyl (C=O) groups is 2. The lowest BCUT2D eigenvalue weighted by atomic mass is 10.2. The molecule has 0 spiro atoms. The van der Waals surface area contributed by atoms with Crippen LogP contribution >= 0.6 is 0 Å². The molecular formula is C16H16FN3O2. The summed E-state index contributed by atoms with van der Waals surface area (Å²) in [5.41, 5.74) is 1.98. The molecule has 3 amide bonds. The van der Waals surface area contributed by atoms with Gasteiger partial charge in [0.15, 0.2) is 0 Å². The number of nitrogens with one attached hydrogen (secondary N) is 3. The number of amides is 3. The number of anilines is 3. The van der Waals surface area contributed by atoms with Crippen LogP contribution in [0.15, 0.2) is 42.5 Å². The molecule has 22 heavy (non-hydrogen) atoms. The van der Waals surface area contributed by atoms with Gasteiger partial charge in [0, 0.05) is 29.5 Å². The largest absolute Gasteiger partial charge is 0.326 e. The van der Waals surface area contributed by atoms with Gasteiger partial charge in [-0.1, -0.05) is 6.07 Å². The second-order valence-corrected chi connectivity index (χ2v) is 4.75. The Morgan fingerprint density at radius 2 is 1.50 bits per heavy atom. The molecular weight excluding hydrogens is 285 g/mol. The molecule has 2 aromatic rings. The van der Waals surface area contributed by atoms with Crippen molar-refractivity contribution in [1.29, 1.82) is 0 Å². The third-order valence-electron chi connectivity index (χ3n) is 2.98. The highest BCUT2D eigenvalue weighted by Crippen LogP contribution is 2.18. The summed E-state index contributed by atoms with van der Waals surface area (Å²) in [6, 6.07) is 10.7. The molecule has 0 atom stereocenters. The molecule has 0 aliphatic heterocycles. The topological polar surface area (TPSA) is 70.2 Å². The van der Waals surface area contributed by atoms with E-state index < -0.39 is 6.03 Å². The molecule has 2 aromatic carbocycles. The van der Waals surface area contributed by atoms with E-state index in [1.165, 1.54) is 19.1 Å². The standard InChI is InChI=1S/C16H16FN3O2/c1-10-14(17)4-3-5-15(10)20-16(22)19-13-8-6-12(7-9-13)18-11(2)21/h3-9H,1-2H3,(H,18,21)(H2,19,20,22). The first-order valence-corrected chi connectivity index (χ1v) is 6.66. The van der Waals surface area contributed by atoms with Crippen molar-refractivity contribution in [2.45, 2.75) is 13.8 Å². The van der Waals surface area contributed by atoms with Crippen molar-refractivity contribution >= 4 is 29.0 Å². The van der Waals surface area contributed by atoms with E-state index in [1.54, 1.807) is 37.3 Å². The Kier molecular flexibility index (Phi) is 4.73. The van der Waals surface area contributed by atoms with Crippen LogP contribution in [0.3, 0.4) is 0 Å². The fourth-order valence-corrected chi connectivity index (χ4v) is 1.87. The van der Waals surface area contributed by atoms with Gasteiger partial charge in [-0.15, -0.1) is 0 Å². The van der Waals surface area contributed by atoms with Crippen molar-refractivity contribution in [3.8, 4) is 0 Å². The van der Waals surface area contributed by atoms with Crippen molar-refractivity contribution in [3.05, 3.63) is 53.8 Å². The van der Waals surface area contributed by atoms with Crippen molar-refractivity contribution in [2.75, 3.05) is 16.0 Å². The van der Waals surface area contributed by atoms with Gasteiger partial charge in [-0.3, -0.25) is 4.79 Å². The van der Waals surface area contributed by atoms with Crippen molar-refractivity contribution < 1.29 is 14.0 Å². The number of hydrogen-bond donors (Lipinski definition) is 3. The van der Waals surface area contributed by atoms with E-state index >= 15 is 0 Å². The Hall–Kier alpha value is -2.89. The SMILES string of the molecule is CC(=O)Nc1ccc(NC(=O)Nc2cccc(F)c2C)cc1. The maximum absolute atomic E-state index is 13.4. The van der Waals surface area contributed by atoms with Crippen LogP contribution in [0, 0.1) is 12.7 Å². The summed E-state index contributed by atoms with van der Waals surface area (Å²) in [6.07, 6.45) is 0. The second kappa shape index (κ2) is 6.71. The van der Waals surface area contributed by atoms with Gasteiger partial charge in [-0.05, 0) is 43.3 Å². The summed E-state index contributed by atoms with van der Waals surface area (Å²) in [5, 5.41) is 7.85. The highest BCUT2D eigenvalue weighted by atomic mass is 19.1. The normalized spacial score (nSPS) is 9.95. The van der Waals surface area contributed by atoms with Gasteiger partial charge in [0.05, 0.1) is 0 Å². The molecule has 0 saturated heterocycles. The van der Waals surface area contributed by atoms with Crippen LogP contribution in [0.1, 0.15) is 12.5 Å². The first-order chi connectivity index (χ1) is 10.5. The summed E-state index contributed by atoms with van der Waals surface area (Å²) in [5.74, 6) is -0.544. The molecule has 3 N–H and O–H groups in total. The maximum atomic E-state index is 13.4. The first-order valence-electron chi connectivity index (χ1n) is 6.66. The third-order valence-corrected chi connectivity index (χ3v) is 2.98. The monoisotopic (exact) mass is 301 g/mol. The van der Waals surface area contributed by atoms with E-state index in [4.69, 9.17) is 0 Å². The van der Waals surface area contributed by atoms with Crippen LogP contribution in [0.5, 0.6) is 0 Å². The molecule has 0 aliphatic rings. The molecule has 2 rings (SSSR count). The smallest absolute Gasteiger partial charge is 0.323 e. The van der Waals surface area contributed by atoms with Gasteiger partial charge in [0.1, 0.15) is 5.82 Å². The predicted molar refractivity (Wildman–Crippen MR) is 84.5 cm³/mol. The van der Waals surface area contributed by atoms with Crippen LogP contribution in [-0.4, -0.2) is 11.9 Å². The highest BCUT2D eigenvalue weighted by Gasteiger charge is 2.07. The van der Waals surface area contributed by atoms with Crippen molar-refractivity contribution in [3.63, 3.8) is 0 Å². The number of benzene rings is 2. The Labute approximate surface area is 127 Å². The molecule has 0 heterocycles. The van der Waals surface area contributed by atoms with Crippen LogP contribution in [0.2, 0.25) is 0 Å². The lowest BCUT2D eigenvalue weighted by Crippen LogP contribution is -2.20. The zero-order valence-corrected chi connectivity index (χ0v) is 12.2. The third kappa shape index (κ3) is 4.05. The molecule has 5 nitrogen and oxygen atoms in total. The molecule has 0 aromatic heterocycles. The van der Waals surface area contributed by atoms with E-state index in [9.17, 15) is 14.0 Å². The number of halogens is 1. The lowest BCUT2D eigenvalue weighted by Gasteiger charge is -2.10. The minimum absolute atomic E-state index is 0.167. The maximum Gasteiger partial charge on any atom is 0.323 e. The summed E-state index contributed by atoms with van der Waals surface area (Å²) in [4.78, 5) is 22.8. The van der Waals surface area contributed by atoms with Crippen LogP contribution in [-0.2, 0) is 4.79 Å². The van der Waals surface area contributed by atoms with Gasteiger partial charge < -0.3 is 16.0 Å². The minimum atomic E-state index is -0.471. The molecule has 0 saturated carbocycles. The average molecular weight is 301 g/mol. The molecule has 0 fully saturated rings. The van der Waals surface area contributed by atoms with Crippen molar-refractivity contribution in [2.24, 2.45) is 0 Å². The first kappa shape index (κ1) is 15.5. The summed E-state index contributed by atoms with van der Waals surface area (Å²) < 4.78 is 13.4. The molecule has 114 valence electrons. The average Bonchev–Trinajstić information content (AvgIpc) is 2.45. The van der Waals surface area contributed by atoms with Gasteiger partial charge in [0.2, 0.25) is 5.91 Å². The number of carbonyl (C=O) groups excluding carboxylic acids is 2. The van der Waals surface area contributed by atoms with E-state index in [-0.39, 0.29) is 11.7 Å². The van der Waals surface area contributed by atoms with E-state index in [0.29, 0.717) is 22.6 Å². The molecule has 6 heteroatoms. The fourth-order valence-electron chi connectivity index (χ4n) is 1.87. The fraction of sp³-hybridized carbons (Fsp3) is 0.125. The van der Waals surface area contributed by atoms with E-state index in [2.05, 4.69) is 16.0 Å². The molecule has 0 radical (unpaired) electrons. The number of rotatable bonds is 3. The second-order valence-electron chi connectivity index (χ2n) is 4.75. The zero-order valence-electron chi connectivity index (χ0n) is 12.2. The van der Waals surface area contributed by atoms with E-state index in [0.717, 1.165) is 0 Å². The van der Waals surface area contributed by atoms with Gasteiger partial charge in [-0.25, -0.2) is 9.18 Å². The van der Waals surface area contributed by atoms with Crippen LogP contribution in [0.4, 0.5) is 26.2 Å². The minimum Gasteiger partial charge on any atom is -0.326 e. The van der Waals surface area contributed by atoms with Crippen LogP contribution < -0.4 is 16.0 Å². The molecule has 0 bridgehead atoms. The van der Waals surface area contributed by atoms with Crippen molar-refractivity contribution in [1.82, 2.24) is 0 Å². The number of urea groups is 1. The summed E-state index contributed by atoms with van der Waals surface area (Å²) in [6.45, 7) is 3.01. The van der Waals surface area contributed by atoms with Gasteiger partial charge in [-0.2, -0.15) is 0 Å². The highest BCUT2D eigenvalue weighted by molar-refractivity contribution is 6.00. The quantitative estimate of drug-likeness (QED) is 0.808. The molecule has 0 unspecified atom stereocenters. The summed E-state index contributed by atoms with van der Waals surface area (Å²) in [7, 11) is 0. The van der Waals surface area contributed by atoms with Crippen LogP contribution in [0.25, 0.3) is 0 Å². The molecule has 0 aliphatic carbocycles. The predicted octanol–water partition coefficient (Wildman–Crippen LogP) is 3.74. The Morgan fingerprint density at radius 1 is 0.909 bits per heavy atom. The Balaban J connectivity index is 2.00. The van der Waals surface area contributed by atoms with Gasteiger partial charge >= 0.3 is 6.03 Å². The van der Waals surface area contributed by atoms with E-state index in [1.807, 2.05) is 0 Å². The Bertz CT molecular complexity index is 699. The lowest BCUT2D eigenvalue weighted by molar-refractivity contribution is -0.114. The zero-order chi connectivity index (χ0) is 16.1. The Morgan fingerprint density at radius 3 is 2.09 bits per heavy atom. The number of hydrogen-bond acceptors (Lipinski definition) is 2. The van der Waals surface area contributed by atoms with Gasteiger partial charge in [0.25, 0.3) is 0 Å². The summed E-state index contributed by atoms with van der Waals surface area (Å²) >= 11 is 0.